The predicted molar refractivity (Wildman–Crippen MR) is 186 cm³/mol. The van der Waals surface area contributed by atoms with Crippen LogP contribution in [0.25, 0.3) is 0 Å². The first-order chi connectivity index (χ1) is 23.8. The van der Waals surface area contributed by atoms with E-state index in [-0.39, 0.29) is 25.8 Å². The van der Waals surface area contributed by atoms with E-state index >= 15 is 0 Å². The number of nitrogens with one attached hydrogen (secondary N) is 3. The van der Waals surface area contributed by atoms with Gasteiger partial charge in [0, 0.05) is 38.3 Å². The summed E-state index contributed by atoms with van der Waals surface area (Å²) in [5, 5.41) is 8.37. The number of imidazole rings is 1. The molecule has 0 bridgehead atoms. The lowest BCUT2D eigenvalue weighted by molar-refractivity contribution is -0.145. The second-order valence-electron chi connectivity index (χ2n) is 13.4. The maximum Gasteiger partial charge on any atom is 0.408 e. The van der Waals surface area contributed by atoms with Gasteiger partial charge in [0.05, 0.1) is 13.4 Å². The molecular formula is C37H48N6O7. The highest BCUT2D eigenvalue weighted by molar-refractivity contribution is 5.95. The molecule has 3 N–H and O–H groups in total. The summed E-state index contributed by atoms with van der Waals surface area (Å²) in [4.78, 5) is 73.0. The number of carbonyl (C=O) groups is 5. The Kier molecular flexibility index (Phi) is 13.1. The number of rotatable bonds is 14. The van der Waals surface area contributed by atoms with Crippen LogP contribution in [-0.4, -0.2) is 87.7 Å². The van der Waals surface area contributed by atoms with Crippen LogP contribution in [0, 0.1) is 0 Å². The zero-order valence-corrected chi connectivity index (χ0v) is 29.4. The molecule has 50 heavy (non-hydrogen) atoms. The molecular weight excluding hydrogens is 640 g/mol. The number of methoxy groups -OCH3 is 1. The molecule has 0 unspecified atom stereocenters. The van der Waals surface area contributed by atoms with Crippen LogP contribution in [0.5, 0.6) is 0 Å². The Bertz CT molecular complexity index is 1600. The topological polar surface area (TPSA) is 161 Å². The van der Waals surface area contributed by atoms with Crippen LogP contribution in [0.1, 0.15) is 56.9 Å². The molecule has 0 spiro atoms. The number of likely N-dealkylation sites (tertiary alicyclic amines) is 1. The van der Waals surface area contributed by atoms with E-state index in [9.17, 15) is 24.0 Å². The Morgan fingerprint density at radius 1 is 0.880 bits per heavy atom. The molecule has 1 aromatic heterocycles. The first kappa shape index (κ1) is 37.6. The lowest BCUT2D eigenvalue weighted by Gasteiger charge is -2.30. The summed E-state index contributed by atoms with van der Waals surface area (Å²) in [6, 6.07) is 14.9. The number of aryl methyl sites for hydroxylation is 2. The van der Waals surface area contributed by atoms with Gasteiger partial charge < -0.3 is 34.9 Å². The molecule has 1 aliphatic rings. The minimum absolute atomic E-state index is 0.123. The van der Waals surface area contributed by atoms with Gasteiger partial charge in [-0.15, -0.1) is 0 Å². The molecule has 1 saturated heterocycles. The van der Waals surface area contributed by atoms with Gasteiger partial charge >= 0.3 is 12.1 Å². The number of esters is 1. The number of alkyl carbamates (subject to hydrolysis) is 1. The fraction of sp³-hybridized carbons (Fsp3) is 0.459. The van der Waals surface area contributed by atoms with Crippen LogP contribution in [0.4, 0.5) is 4.79 Å². The molecule has 4 atom stereocenters. The smallest absolute Gasteiger partial charge is 0.408 e. The van der Waals surface area contributed by atoms with Crippen LogP contribution in [0.3, 0.4) is 0 Å². The van der Waals surface area contributed by atoms with E-state index in [1.54, 1.807) is 44.9 Å². The molecule has 13 heteroatoms. The molecule has 2 heterocycles. The lowest BCUT2D eigenvalue weighted by Crippen LogP contribution is -2.58. The minimum atomic E-state index is -1.04. The zero-order valence-electron chi connectivity index (χ0n) is 29.4. The highest BCUT2D eigenvalue weighted by atomic mass is 16.6. The third-order valence-electron chi connectivity index (χ3n) is 8.44. The van der Waals surface area contributed by atoms with Gasteiger partial charge in [0.2, 0.25) is 17.7 Å². The van der Waals surface area contributed by atoms with E-state index in [0.29, 0.717) is 25.0 Å². The minimum Gasteiger partial charge on any atom is -0.467 e. The Balaban J connectivity index is 1.53. The average Bonchev–Trinajstić information content (AvgIpc) is 3.74. The van der Waals surface area contributed by atoms with Crippen molar-refractivity contribution in [2.75, 3.05) is 13.7 Å². The molecule has 13 nitrogen and oxygen atoms in total. The summed E-state index contributed by atoms with van der Waals surface area (Å²) in [6.45, 7) is 5.47. The van der Waals surface area contributed by atoms with Gasteiger partial charge in [-0.05, 0) is 57.6 Å². The monoisotopic (exact) mass is 688 g/mol. The third kappa shape index (κ3) is 10.9. The first-order valence-corrected chi connectivity index (χ1v) is 16.9. The van der Waals surface area contributed by atoms with Crippen LogP contribution in [0.15, 0.2) is 73.2 Å². The highest BCUT2D eigenvalue weighted by Crippen LogP contribution is 2.21. The fourth-order valence-corrected chi connectivity index (χ4v) is 5.89. The second kappa shape index (κ2) is 17.5. The number of amides is 4. The number of carbonyl (C=O) groups excluding carboxylic acids is 5. The maximum absolute atomic E-state index is 14.1. The average molecular weight is 689 g/mol. The summed E-state index contributed by atoms with van der Waals surface area (Å²) in [5.74, 6) is -2.11. The molecule has 4 rings (SSSR count). The summed E-state index contributed by atoms with van der Waals surface area (Å²) < 4.78 is 12.2. The number of ether oxygens (including phenoxy) is 2. The lowest BCUT2D eigenvalue weighted by atomic mass is 10.0. The Labute approximate surface area is 293 Å². The van der Waals surface area contributed by atoms with Crippen molar-refractivity contribution in [1.29, 1.82) is 0 Å². The van der Waals surface area contributed by atoms with Gasteiger partial charge in [-0.1, -0.05) is 60.7 Å². The summed E-state index contributed by atoms with van der Waals surface area (Å²) in [5.41, 5.74) is 1.71. The first-order valence-electron chi connectivity index (χ1n) is 16.9. The van der Waals surface area contributed by atoms with E-state index in [2.05, 4.69) is 20.9 Å². The van der Waals surface area contributed by atoms with Crippen LogP contribution in [0.2, 0.25) is 0 Å². The van der Waals surface area contributed by atoms with Gasteiger partial charge in [0.1, 0.15) is 29.8 Å². The van der Waals surface area contributed by atoms with Crippen LogP contribution >= 0.6 is 0 Å². The van der Waals surface area contributed by atoms with Crippen molar-refractivity contribution in [2.24, 2.45) is 7.05 Å². The predicted octanol–water partition coefficient (Wildman–Crippen LogP) is 2.87. The molecule has 1 fully saturated rings. The SMILES string of the molecule is COC(=O)[C@H](Cc1ccccc1)NC(=O)[C@H](CCc1ccccc1)NC(=O)[C@H]1CCCN1C(=O)[C@H](Cc1cncn1C)NC(=O)OC(C)(C)C. The van der Waals surface area contributed by atoms with E-state index < -0.39 is 59.6 Å². The number of aromatic nitrogens is 2. The van der Waals surface area contributed by atoms with E-state index in [0.717, 1.165) is 11.1 Å². The van der Waals surface area contributed by atoms with Gasteiger partial charge in [0.15, 0.2) is 0 Å². The van der Waals surface area contributed by atoms with Crippen molar-refractivity contribution in [3.63, 3.8) is 0 Å². The fourth-order valence-electron chi connectivity index (χ4n) is 5.89. The number of hydrogen-bond acceptors (Lipinski definition) is 8. The van der Waals surface area contributed by atoms with Gasteiger partial charge in [-0.25, -0.2) is 14.6 Å². The Morgan fingerprint density at radius 3 is 2.14 bits per heavy atom. The normalized spacial score (nSPS) is 16.1. The quantitative estimate of drug-likeness (QED) is 0.218. The van der Waals surface area contributed by atoms with Crippen molar-refractivity contribution in [2.45, 2.75) is 89.1 Å². The van der Waals surface area contributed by atoms with Crippen molar-refractivity contribution in [1.82, 2.24) is 30.4 Å². The number of benzene rings is 2. The highest BCUT2D eigenvalue weighted by Gasteiger charge is 2.40. The van der Waals surface area contributed by atoms with Gasteiger partial charge in [-0.3, -0.25) is 14.4 Å². The van der Waals surface area contributed by atoms with Crippen LogP contribution < -0.4 is 16.0 Å². The Hall–Kier alpha value is -5.20. The Morgan fingerprint density at radius 2 is 1.54 bits per heavy atom. The van der Waals surface area contributed by atoms with Crippen molar-refractivity contribution >= 4 is 29.8 Å². The summed E-state index contributed by atoms with van der Waals surface area (Å²) in [7, 11) is 3.04. The molecule has 3 aromatic rings. The number of hydrogen-bond donors (Lipinski definition) is 3. The number of nitrogens with zero attached hydrogens (tertiary/aromatic N) is 3. The summed E-state index contributed by atoms with van der Waals surface area (Å²) >= 11 is 0. The van der Waals surface area contributed by atoms with E-state index in [1.807, 2.05) is 60.7 Å². The molecule has 0 saturated carbocycles. The molecule has 0 aliphatic carbocycles. The van der Waals surface area contributed by atoms with Crippen LogP contribution in [-0.2, 0) is 55.0 Å². The zero-order chi connectivity index (χ0) is 36.3. The largest absolute Gasteiger partial charge is 0.467 e. The maximum atomic E-state index is 14.1. The van der Waals surface area contributed by atoms with E-state index in [4.69, 9.17) is 9.47 Å². The van der Waals surface area contributed by atoms with Gasteiger partial charge in [-0.2, -0.15) is 0 Å². The standard InChI is InChI=1S/C37H48N6O7/c1-37(2,3)50-36(48)41-29(22-27-23-38-24-42(27)4)34(46)43-20-12-17-31(43)33(45)39-28(19-18-25-13-8-6-9-14-25)32(44)40-30(35(47)49-5)21-26-15-10-7-11-16-26/h6-11,13-16,23-24,28-31H,12,17-22H2,1-5H3,(H,39,45)(H,40,44)(H,41,48)/t28-,29-,30-,31+/m0/s1. The molecule has 0 radical (unpaired) electrons. The summed E-state index contributed by atoms with van der Waals surface area (Å²) in [6.07, 6.45) is 4.41. The molecule has 1 aliphatic heterocycles. The van der Waals surface area contributed by atoms with Crippen molar-refractivity contribution in [3.8, 4) is 0 Å². The van der Waals surface area contributed by atoms with E-state index in [1.165, 1.54) is 12.0 Å². The van der Waals surface area contributed by atoms with Crippen molar-refractivity contribution in [3.05, 3.63) is 90.0 Å². The van der Waals surface area contributed by atoms with Gasteiger partial charge in [0.25, 0.3) is 0 Å². The van der Waals surface area contributed by atoms with Crippen molar-refractivity contribution < 1.29 is 33.4 Å². The molecule has 268 valence electrons. The second-order valence-corrected chi connectivity index (χ2v) is 13.4. The molecule has 4 amide bonds. The third-order valence-corrected chi connectivity index (χ3v) is 8.44. The molecule has 2 aromatic carbocycles.